The van der Waals surface area contributed by atoms with E-state index in [0.717, 1.165) is 6.42 Å². The lowest BCUT2D eigenvalue weighted by atomic mass is 10.1. The Morgan fingerprint density at radius 1 is 1.23 bits per heavy atom. The summed E-state index contributed by atoms with van der Waals surface area (Å²) in [4.78, 5) is 15.4. The van der Waals surface area contributed by atoms with Crippen LogP contribution in [0.25, 0.3) is 0 Å². The van der Waals surface area contributed by atoms with E-state index in [0.29, 0.717) is 28.7 Å². The van der Waals surface area contributed by atoms with Crippen LogP contribution in [0.5, 0.6) is 0 Å². The molecule has 26 heavy (non-hydrogen) atoms. The van der Waals surface area contributed by atoms with Gasteiger partial charge < -0.3 is 4.90 Å². The average molecular weight is 433 g/mol. The molecule has 1 aliphatic rings. The number of amides is 1. The van der Waals surface area contributed by atoms with Crippen LogP contribution in [-0.2, 0) is 33.5 Å². The first-order valence-corrected chi connectivity index (χ1v) is 11.4. The van der Waals surface area contributed by atoms with Crippen molar-refractivity contribution in [1.29, 1.82) is 0 Å². The van der Waals surface area contributed by atoms with Crippen LogP contribution in [0.2, 0.25) is 10.0 Å². The van der Waals surface area contributed by atoms with Crippen molar-refractivity contribution in [3.05, 3.63) is 55.7 Å². The molecule has 1 amide bonds. The Labute approximate surface area is 167 Å². The standard InChI is InChI=1S/C17H18Cl2N2O3S2/c18-14-2-1-12(9-15(14)19)11-26(23,24)20-6-3-17(22)21-7-4-16-13(10-21)5-8-25-16/h1-2,5,8-9,20H,3-4,6-7,10-11H2. The molecule has 2 aromatic rings. The molecule has 0 saturated heterocycles. The number of hydrogen-bond donors (Lipinski definition) is 1. The van der Waals surface area contributed by atoms with Gasteiger partial charge in [0, 0.05) is 30.9 Å². The largest absolute Gasteiger partial charge is 0.338 e. The normalized spacial score (nSPS) is 14.3. The summed E-state index contributed by atoms with van der Waals surface area (Å²) in [5.41, 5.74) is 1.73. The lowest BCUT2D eigenvalue weighted by Gasteiger charge is -2.27. The van der Waals surface area contributed by atoms with Crippen LogP contribution < -0.4 is 4.72 Å². The first kappa shape index (κ1) is 19.6. The summed E-state index contributed by atoms with van der Waals surface area (Å²) in [6.45, 7) is 1.37. The second kappa shape index (κ2) is 8.27. The van der Waals surface area contributed by atoms with E-state index in [4.69, 9.17) is 23.2 Å². The van der Waals surface area contributed by atoms with E-state index < -0.39 is 10.0 Å². The van der Waals surface area contributed by atoms with E-state index in [1.165, 1.54) is 16.5 Å². The molecule has 3 rings (SSSR count). The van der Waals surface area contributed by atoms with Gasteiger partial charge in [-0.05, 0) is 41.1 Å². The third-order valence-electron chi connectivity index (χ3n) is 4.16. The zero-order chi connectivity index (χ0) is 18.7. The molecule has 0 spiro atoms. The van der Waals surface area contributed by atoms with Crippen molar-refractivity contribution < 1.29 is 13.2 Å². The van der Waals surface area contributed by atoms with E-state index in [-0.39, 0.29) is 24.6 Å². The van der Waals surface area contributed by atoms with Gasteiger partial charge in [0.25, 0.3) is 0 Å². The summed E-state index contributed by atoms with van der Waals surface area (Å²) in [6, 6.07) is 6.75. The molecule has 1 aliphatic heterocycles. The first-order valence-electron chi connectivity index (χ1n) is 8.08. The summed E-state index contributed by atoms with van der Waals surface area (Å²) in [5, 5.41) is 2.73. The van der Waals surface area contributed by atoms with Crippen molar-refractivity contribution in [3.8, 4) is 0 Å². The molecule has 5 nitrogen and oxygen atoms in total. The predicted molar refractivity (Wildman–Crippen MR) is 105 cm³/mol. The number of nitrogens with one attached hydrogen (secondary N) is 1. The Bertz CT molecular complexity index is 912. The van der Waals surface area contributed by atoms with Crippen molar-refractivity contribution in [1.82, 2.24) is 9.62 Å². The first-order chi connectivity index (χ1) is 12.3. The van der Waals surface area contributed by atoms with Crippen LogP contribution in [-0.4, -0.2) is 32.3 Å². The third-order valence-corrected chi connectivity index (χ3v) is 7.28. The molecule has 140 valence electrons. The molecule has 0 saturated carbocycles. The van der Waals surface area contributed by atoms with Gasteiger partial charge >= 0.3 is 0 Å². The Morgan fingerprint density at radius 3 is 2.81 bits per heavy atom. The highest BCUT2D eigenvalue weighted by Crippen LogP contribution is 2.25. The number of hydrogen-bond acceptors (Lipinski definition) is 4. The Morgan fingerprint density at radius 2 is 2.04 bits per heavy atom. The van der Waals surface area contributed by atoms with E-state index in [9.17, 15) is 13.2 Å². The lowest BCUT2D eigenvalue weighted by Crippen LogP contribution is -2.37. The van der Waals surface area contributed by atoms with Gasteiger partial charge in [-0.15, -0.1) is 11.3 Å². The Hall–Kier alpha value is -1.12. The van der Waals surface area contributed by atoms with Crippen LogP contribution in [0.15, 0.2) is 29.6 Å². The topological polar surface area (TPSA) is 66.5 Å². The fraction of sp³-hybridized carbons (Fsp3) is 0.353. The molecule has 0 aliphatic carbocycles. The van der Waals surface area contributed by atoms with Crippen LogP contribution >= 0.6 is 34.5 Å². The Kier molecular flexibility index (Phi) is 6.25. The quantitative estimate of drug-likeness (QED) is 0.759. The zero-order valence-electron chi connectivity index (χ0n) is 13.9. The fourth-order valence-corrected chi connectivity index (χ4v) is 5.18. The SMILES string of the molecule is O=C(CCNS(=O)(=O)Cc1ccc(Cl)c(Cl)c1)N1CCc2sccc2C1. The molecule has 1 aromatic carbocycles. The molecular weight excluding hydrogens is 415 g/mol. The third kappa shape index (κ3) is 4.98. The Balaban J connectivity index is 1.49. The monoisotopic (exact) mass is 432 g/mol. The molecule has 0 fully saturated rings. The van der Waals surface area contributed by atoms with Crippen molar-refractivity contribution in [2.24, 2.45) is 0 Å². The second-order valence-corrected chi connectivity index (χ2v) is 9.71. The van der Waals surface area contributed by atoms with Crippen molar-refractivity contribution in [2.45, 2.75) is 25.1 Å². The number of halogens is 2. The van der Waals surface area contributed by atoms with E-state index >= 15 is 0 Å². The highest BCUT2D eigenvalue weighted by molar-refractivity contribution is 7.88. The maximum atomic E-state index is 12.3. The minimum atomic E-state index is -3.55. The average Bonchev–Trinajstić information content (AvgIpc) is 3.05. The number of carbonyl (C=O) groups is 1. The number of nitrogens with zero attached hydrogens (tertiary/aromatic N) is 1. The van der Waals surface area contributed by atoms with Gasteiger partial charge in [0.05, 0.1) is 15.8 Å². The maximum absolute atomic E-state index is 12.3. The summed E-state index contributed by atoms with van der Waals surface area (Å²) in [7, 11) is -3.55. The van der Waals surface area contributed by atoms with Crippen LogP contribution in [0.1, 0.15) is 22.4 Å². The second-order valence-electron chi connectivity index (χ2n) is 6.09. The van der Waals surface area contributed by atoms with Crippen LogP contribution in [0.4, 0.5) is 0 Å². The van der Waals surface area contributed by atoms with Crippen molar-refractivity contribution >= 4 is 50.5 Å². The molecule has 1 N–H and O–H groups in total. The molecule has 0 radical (unpaired) electrons. The lowest BCUT2D eigenvalue weighted by molar-refractivity contribution is -0.131. The maximum Gasteiger partial charge on any atom is 0.224 e. The molecule has 0 atom stereocenters. The number of fused-ring (bicyclic) bond motifs is 1. The number of sulfonamides is 1. The summed E-state index contributed by atoms with van der Waals surface area (Å²) >= 11 is 13.5. The highest BCUT2D eigenvalue weighted by Gasteiger charge is 2.21. The minimum Gasteiger partial charge on any atom is -0.338 e. The summed E-state index contributed by atoms with van der Waals surface area (Å²) in [5.74, 6) is -0.251. The van der Waals surface area contributed by atoms with E-state index in [2.05, 4.69) is 4.72 Å². The molecule has 9 heteroatoms. The zero-order valence-corrected chi connectivity index (χ0v) is 17.0. The van der Waals surface area contributed by atoms with Gasteiger partial charge in [0.15, 0.2) is 0 Å². The van der Waals surface area contributed by atoms with Gasteiger partial charge in [0.1, 0.15) is 0 Å². The van der Waals surface area contributed by atoms with Crippen LogP contribution in [0, 0.1) is 0 Å². The summed E-state index contributed by atoms with van der Waals surface area (Å²) < 4.78 is 26.8. The van der Waals surface area contributed by atoms with Gasteiger partial charge in [-0.25, -0.2) is 13.1 Å². The minimum absolute atomic E-state index is 0.0425. The molecule has 0 bridgehead atoms. The van der Waals surface area contributed by atoms with Crippen molar-refractivity contribution in [3.63, 3.8) is 0 Å². The highest BCUT2D eigenvalue weighted by atomic mass is 35.5. The smallest absolute Gasteiger partial charge is 0.224 e. The van der Waals surface area contributed by atoms with Gasteiger partial charge in [-0.1, -0.05) is 29.3 Å². The molecule has 2 heterocycles. The molecule has 0 unspecified atom stereocenters. The van der Waals surface area contributed by atoms with E-state index in [1.54, 1.807) is 28.4 Å². The number of thiophene rings is 1. The molecule has 1 aromatic heterocycles. The van der Waals surface area contributed by atoms with Gasteiger partial charge in [0.2, 0.25) is 15.9 Å². The van der Waals surface area contributed by atoms with Crippen molar-refractivity contribution in [2.75, 3.05) is 13.1 Å². The number of carbonyl (C=O) groups excluding carboxylic acids is 1. The van der Waals surface area contributed by atoms with Crippen LogP contribution in [0.3, 0.4) is 0 Å². The molecular formula is C17H18Cl2N2O3S2. The fourth-order valence-electron chi connectivity index (χ4n) is 2.83. The summed E-state index contributed by atoms with van der Waals surface area (Å²) in [6.07, 6.45) is 1.00. The van der Waals surface area contributed by atoms with Gasteiger partial charge in [-0.3, -0.25) is 4.79 Å². The predicted octanol–water partition coefficient (Wildman–Crippen LogP) is 3.45. The van der Waals surface area contributed by atoms with Gasteiger partial charge in [-0.2, -0.15) is 0 Å². The number of rotatable bonds is 6. The van der Waals surface area contributed by atoms with E-state index in [1.807, 2.05) is 11.4 Å². The number of benzene rings is 1.